The number of rotatable bonds is 4. The molecule has 0 bridgehead atoms. The molecule has 0 spiro atoms. The zero-order valence-corrected chi connectivity index (χ0v) is 13.4. The Morgan fingerprint density at radius 3 is 2.35 bits per heavy atom. The van der Waals surface area contributed by atoms with Gasteiger partial charge in [-0.15, -0.1) is 11.3 Å². The van der Waals surface area contributed by atoms with Crippen LogP contribution in [0.4, 0.5) is 0 Å². The molecule has 1 heterocycles. The highest BCUT2D eigenvalue weighted by Gasteiger charge is 2.37. The lowest BCUT2D eigenvalue weighted by Crippen LogP contribution is -2.40. The van der Waals surface area contributed by atoms with E-state index in [9.17, 15) is 0 Å². The molecule has 0 unspecified atom stereocenters. The summed E-state index contributed by atoms with van der Waals surface area (Å²) >= 11 is 1.55. The first-order chi connectivity index (χ1) is 7.67. The monoisotopic (exact) mass is 273 g/mol. The summed E-state index contributed by atoms with van der Waals surface area (Å²) in [6, 6.07) is 0. The van der Waals surface area contributed by atoms with Gasteiger partial charge in [-0.2, -0.15) is 0 Å². The van der Waals surface area contributed by atoms with Crippen LogP contribution in [-0.2, 0) is 17.6 Å². The van der Waals surface area contributed by atoms with Crippen molar-refractivity contribution in [2.45, 2.75) is 59.0 Å². The summed E-state index contributed by atoms with van der Waals surface area (Å²) in [5, 5.41) is 10.1. The highest BCUT2D eigenvalue weighted by atomic mass is 32.1. The van der Waals surface area contributed by atoms with Crippen LogP contribution in [0.25, 0.3) is 0 Å². The first-order valence-corrected chi connectivity index (χ1v) is 9.60. The maximum atomic E-state index is 9.05. The Bertz CT molecular complexity index is 382. The Hall–Kier alpha value is -0.233. The largest absolute Gasteiger partial charge is 0.412 e. The van der Waals surface area contributed by atoms with Crippen LogP contribution >= 0.6 is 11.3 Å². The molecular weight excluding hydrogens is 250 g/mol. The van der Waals surface area contributed by atoms with Gasteiger partial charge in [0.2, 0.25) is 0 Å². The van der Waals surface area contributed by atoms with Crippen LogP contribution in [0.3, 0.4) is 0 Å². The summed E-state index contributed by atoms with van der Waals surface area (Å²) in [6.45, 7) is 13.8. The van der Waals surface area contributed by atoms with Gasteiger partial charge in [0.15, 0.2) is 8.32 Å². The zero-order chi connectivity index (χ0) is 13.3. The molecule has 17 heavy (non-hydrogen) atoms. The van der Waals surface area contributed by atoms with E-state index < -0.39 is 8.32 Å². The average molecular weight is 273 g/mol. The van der Waals surface area contributed by atoms with Gasteiger partial charge >= 0.3 is 0 Å². The maximum absolute atomic E-state index is 9.05. The number of aromatic nitrogens is 1. The van der Waals surface area contributed by atoms with Crippen LogP contribution in [0.5, 0.6) is 0 Å². The molecule has 3 nitrogen and oxygen atoms in total. The van der Waals surface area contributed by atoms with Gasteiger partial charge in [0.25, 0.3) is 0 Å². The van der Waals surface area contributed by atoms with Gasteiger partial charge < -0.3 is 9.53 Å². The van der Waals surface area contributed by atoms with Crippen LogP contribution < -0.4 is 0 Å². The third-order valence-electron chi connectivity index (χ3n) is 3.44. The fourth-order valence-corrected chi connectivity index (χ4v) is 3.04. The Balaban J connectivity index is 2.70. The van der Waals surface area contributed by atoms with Gasteiger partial charge in [0.05, 0.1) is 23.8 Å². The Kier molecular flexibility index (Phi) is 4.52. The van der Waals surface area contributed by atoms with E-state index in [1.165, 1.54) is 0 Å². The predicted molar refractivity (Wildman–Crippen MR) is 74.8 cm³/mol. The first kappa shape index (κ1) is 14.8. The van der Waals surface area contributed by atoms with Crippen LogP contribution in [0.15, 0.2) is 0 Å². The van der Waals surface area contributed by atoms with Crippen molar-refractivity contribution < 1.29 is 9.53 Å². The number of aliphatic hydroxyl groups is 1. The van der Waals surface area contributed by atoms with Crippen LogP contribution in [0.2, 0.25) is 18.1 Å². The van der Waals surface area contributed by atoms with E-state index in [1.54, 1.807) is 11.3 Å². The molecule has 0 aliphatic carbocycles. The molecule has 1 aromatic rings. The maximum Gasteiger partial charge on any atom is 0.192 e. The Morgan fingerprint density at radius 1 is 1.35 bits per heavy atom. The number of thiazole rings is 1. The SMILES string of the molecule is Cc1nc(CO)sc1CO[Si](C)(C)C(C)(C)C. The molecule has 0 atom stereocenters. The Labute approximate surface area is 109 Å². The van der Waals surface area contributed by atoms with Gasteiger partial charge in [-0.05, 0) is 25.1 Å². The number of nitrogens with zero attached hydrogens (tertiary/aromatic N) is 1. The lowest BCUT2D eigenvalue weighted by Gasteiger charge is -2.36. The Morgan fingerprint density at radius 2 is 1.94 bits per heavy atom. The molecular formula is C12H23NO2SSi. The van der Waals surface area contributed by atoms with Crippen molar-refractivity contribution in [1.82, 2.24) is 4.98 Å². The van der Waals surface area contributed by atoms with Crippen molar-refractivity contribution in [2.24, 2.45) is 0 Å². The molecule has 0 aliphatic heterocycles. The highest BCUT2D eigenvalue weighted by Crippen LogP contribution is 2.37. The third-order valence-corrected chi connectivity index (χ3v) is 9.04. The summed E-state index contributed by atoms with van der Waals surface area (Å²) in [6.07, 6.45) is 0. The molecule has 0 aliphatic rings. The molecule has 0 radical (unpaired) electrons. The second-order valence-corrected chi connectivity index (χ2v) is 11.8. The van der Waals surface area contributed by atoms with Crippen molar-refractivity contribution >= 4 is 19.7 Å². The molecule has 1 rings (SSSR count). The van der Waals surface area contributed by atoms with Gasteiger partial charge in [0, 0.05) is 0 Å². The average Bonchev–Trinajstić information content (AvgIpc) is 2.55. The summed E-state index contributed by atoms with van der Waals surface area (Å²) in [4.78, 5) is 5.43. The van der Waals surface area contributed by atoms with Crippen molar-refractivity contribution in [3.8, 4) is 0 Å². The van der Waals surface area contributed by atoms with Crippen molar-refractivity contribution in [1.29, 1.82) is 0 Å². The summed E-state index contributed by atoms with van der Waals surface area (Å²) < 4.78 is 6.15. The van der Waals surface area contributed by atoms with Gasteiger partial charge in [-0.3, -0.25) is 0 Å². The van der Waals surface area contributed by atoms with Crippen molar-refractivity contribution in [3.63, 3.8) is 0 Å². The summed E-state index contributed by atoms with van der Waals surface area (Å²) in [5.41, 5.74) is 0.984. The number of aliphatic hydroxyl groups excluding tert-OH is 1. The fourth-order valence-electron chi connectivity index (χ4n) is 1.15. The zero-order valence-electron chi connectivity index (χ0n) is 11.6. The summed E-state index contributed by atoms with van der Waals surface area (Å²) in [7, 11) is -1.70. The van der Waals surface area contributed by atoms with Crippen LogP contribution in [0, 0.1) is 6.92 Å². The smallest absolute Gasteiger partial charge is 0.192 e. The first-order valence-electron chi connectivity index (χ1n) is 5.87. The molecule has 1 aromatic heterocycles. The van der Waals surface area contributed by atoms with E-state index in [1.807, 2.05) is 6.92 Å². The molecule has 0 saturated heterocycles. The number of aryl methyl sites for hydroxylation is 1. The molecule has 5 heteroatoms. The molecule has 0 aromatic carbocycles. The molecule has 0 amide bonds. The van der Waals surface area contributed by atoms with Crippen LogP contribution in [0.1, 0.15) is 36.3 Å². The van der Waals surface area contributed by atoms with Crippen molar-refractivity contribution in [3.05, 3.63) is 15.6 Å². The standard InChI is InChI=1S/C12H23NO2SSi/c1-9-10(16-11(7-14)13-9)8-15-17(5,6)12(2,3)4/h14H,7-8H2,1-6H3. The molecule has 0 fully saturated rings. The topological polar surface area (TPSA) is 42.4 Å². The second-order valence-electron chi connectivity index (χ2n) is 5.82. The van der Waals surface area contributed by atoms with Gasteiger partial charge in [-0.25, -0.2) is 4.98 Å². The fraction of sp³-hybridized carbons (Fsp3) is 0.750. The van der Waals surface area contributed by atoms with Gasteiger partial charge in [0.1, 0.15) is 5.01 Å². The van der Waals surface area contributed by atoms with E-state index >= 15 is 0 Å². The minimum absolute atomic E-state index is 0.0194. The van der Waals surface area contributed by atoms with Crippen LogP contribution in [-0.4, -0.2) is 18.4 Å². The quantitative estimate of drug-likeness (QED) is 0.854. The van der Waals surface area contributed by atoms with Gasteiger partial charge in [-0.1, -0.05) is 20.8 Å². The minimum Gasteiger partial charge on any atom is -0.412 e. The number of hydrogen-bond acceptors (Lipinski definition) is 4. The van der Waals surface area contributed by atoms with E-state index in [2.05, 4.69) is 38.8 Å². The lowest BCUT2D eigenvalue weighted by atomic mass is 10.2. The number of hydrogen-bond donors (Lipinski definition) is 1. The molecule has 98 valence electrons. The molecule has 1 N–H and O–H groups in total. The van der Waals surface area contributed by atoms with E-state index in [-0.39, 0.29) is 11.6 Å². The molecule has 0 saturated carbocycles. The van der Waals surface area contributed by atoms with E-state index in [0.717, 1.165) is 15.6 Å². The third kappa shape index (κ3) is 3.61. The lowest BCUT2D eigenvalue weighted by molar-refractivity contribution is 0.278. The van der Waals surface area contributed by atoms with E-state index in [0.29, 0.717) is 6.61 Å². The minimum atomic E-state index is -1.70. The normalized spacial score (nSPS) is 13.1. The highest BCUT2D eigenvalue weighted by molar-refractivity contribution is 7.11. The summed E-state index contributed by atoms with van der Waals surface area (Å²) in [5.74, 6) is 0. The van der Waals surface area contributed by atoms with Crippen molar-refractivity contribution in [2.75, 3.05) is 0 Å². The van der Waals surface area contributed by atoms with E-state index in [4.69, 9.17) is 9.53 Å². The second kappa shape index (κ2) is 5.18. The predicted octanol–water partition coefficient (Wildman–Crippen LogP) is 3.47.